The molecule has 0 fully saturated rings. The third-order valence-corrected chi connectivity index (χ3v) is 2.43. The molecule has 0 aromatic heterocycles. The van der Waals surface area contributed by atoms with E-state index in [0.717, 1.165) is 6.42 Å². The van der Waals surface area contributed by atoms with Crippen molar-refractivity contribution in [2.75, 3.05) is 13.7 Å². The van der Waals surface area contributed by atoms with Crippen molar-refractivity contribution < 1.29 is 13.9 Å². The molecule has 1 N–H and O–H groups in total. The van der Waals surface area contributed by atoms with Crippen LogP contribution in [-0.4, -0.2) is 19.6 Å². The molecule has 0 unspecified atom stereocenters. The first-order valence-corrected chi connectivity index (χ1v) is 5.66. The van der Waals surface area contributed by atoms with E-state index in [-0.39, 0.29) is 11.5 Å². The molecule has 0 atom stereocenters. The predicted octanol–water partition coefficient (Wildman–Crippen LogP) is 2.61. The number of nitrogens with one attached hydrogen (secondary N) is 1. The number of halogens is 1. The smallest absolute Gasteiger partial charge is 0.254 e. The fraction of sp³-hybridized carbons (Fsp3) is 0.462. The lowest BCUT2D eigenvalue weighted by Crippen LogP contribution is -2.26. The van der Waals surface area contributed by atoms with Crippen molar-refractivity contribution in [3.05, 3.63) is 29.6 Å². The van der Waals surface area contributed by atoms with Gasteiger partial charge in [0.15, 0.2) is 0 Å². The number of carbonyl (C=O) groups is 1. The van der Waals surface area contributed by atoms with Crippen molar-refractivity contribution in [1.29, 1.82) is 0 Å². The van der Waals surface area contributed by atoms with E-state index in [0.29, 0.717) is 18.2 Å². The Kier molecular flexibility index (Phi) is 4.94. The maximum atomic E-state index is 13.5. The van der Waals surface area contributed by atoms with E-state index in [1.54, 1.807) is 6.07 Å². The summed E-state index contributed by atoms with van der Waals surface area (Å²) in [6.45, 7) is 4.70. The topological polar surface area (TPSA) is 38.3 Å². The van der Waals surface area contributed by atoms with Crippen LogP contribution in [-0.2, 0) is 0 Å². The van der Waals surface area contributed by atoms with Crippen LogP contribution in [0.5, 0.6) is 5.75 Å². The van der Waals surface area contributed by atoms with Gasteiger partial charge in [0.1, 0.15) is 11.6 Å². The minimum absolute atomic E-state index is 0.0505. The molecule has 0 spiro atoms. The number of carbonyl (C=O) groups excluding carboxylic acids is 1. The summed E-state index contributed by atoms with van der Waals surface area (Å²) in [4.78, 5) is 11.7. The van der Waals surface area contributed by atoms with Gasteiger partial charge in [0, 0.05) is 12.6 Å². The molecule has 0 saturated heterocycles. The third-order valence-electron chi connectivity index (χ3n) is 2.43. The minimum atomic E-state index is -0.564. The molecule has 1 rings (SSSR count). The van der Waals surface area contributed by atoms with Crippen LogP contribution in [0.15, 0.2) is 18.2 Å². The second kappa shape index (κ2) is 6.23. The summed E-state index contributed by atoms with van der Waals surface area (Å²) in [5.41, 5.74) is 0.0505. The van der Waals surface area contributed by atoms with Gasteiger partial charge in [-0.3, -0.25) is 4.79 Å². The Hall–Kier alpha value is -1.58. The van der Waals surface area contributed by atoms with E-state index >= 15 is 0 Å². The molecule has 0 radical (unpaired) electrons. The van der Waals surface area contributed by atoms with E-state index in [4.69, 9.17) is 4.74 Å². The molecule has 94 valence electrons. The van der Waals surface area contributed by atoms with Crippen molar-refractivity contribution in [2.24, 2.45) is 5.92 Å². The maximum absolute atomic E-state index is 13.5. The molecule has 0 aliphatic carbocycles. The molecule has 3 nitrogen and oxygen atoms in total. The highest BCUT2D eigenvalue weighted by Gasteiger charge is 2.11. The van der Waals surface area contributed by atoms with E-state index in [2.05, 4.69) is 19.2 Å². The van der Waals surface area contributed by atoms with Gasteiger partial charge in [-0.25, -0.2) is 4.39 Å². The van der Waals surface area contributed by atoms with Gasteiger partial charge in [-0.2, -0.15) is 0 Å². The number of hydrogen-bond acceptors (Lipinski definition) is 2. The molecule has 1 aromatic rings. The largest absolute Gasteiger partial charge is 0.497 e. The molecule has 0 aliphatic heterocycles. The van der Waals surface area contributed by atoms with Gasteiger partial charge in [0.25, 0.3) is 5.91 Å². The van der Waals surface area contributed by atoms with Crippen LogP contribution in [0.1, 0.15) is 30.6 Å². The number of rotatable bonds is 5. The summed E-state index contributed by atoms with van der Waals surface area (Å²) in [7, 11) is 1.46. The second-order valence-corrected chi connectivity index (χ2v) is 4.28. The maximum Gasteiger partial charge on any atom is 0.254 e. The van der Waals surface area contributed by atoms with Crippen LogP contribution in [0, 0.1) is 11.7 Å². The normalized spacial score (nSPS) is 10.4. The van der Waals surface area contributed by atoms with Gasteiger partial charge in [-0.05, 0) is 24.5 Å². The monoisotopic (exact) mass is 239 g/mol. The third kappa shape index (κ3) is 4.06. The fourth-order valence-corrected chi connectivity index (χ4v) is 1.38. The Bertz CT molecular complexity index is 391. The zero-order valence-corrected chi connectivity index (χ0v) is 10.4. The van der Waals surface area contributed by atoms with Crippen LogP contribution in [0.25, 0.3) is 0 Å². The number of amides is 1. The van der Waals surface area contributed by atoms with Crippen LogP contribution >= 0.6 is 0 Å². The summed E-state index contributed by atoms with van der Waals surface area (Å²) in [5, 5.41) is 2.69. The van der Waals surface area contributed by atoms with Crippen molar-refractivity contribution in [3.63, 3.8) is 0 Å². The average molecular weight is 239 g/mol. The Morgan fingerprint density at radius 1 is 1.47 bits per heavy atom. The van der Waals surface area contributed by atoms with Crippen molar-refractivity contribution in [3.8, 4) is 5.75 Å². The van der Waals surface area contributed by atoms with Gasteiger partial charge in [0.05, 0.1) is 12.7 Å². The Morgan fingerprint density at radius 2 is 2.18 bits per heavy atom. The standard InChI is InChI=1S/C13H18FNO2/c1-9(2)6-7-15-13(16)11-5-4-10(17-3)8-12(11)14/h4-5,8-9H,6-7H2,1-3H3,(H,15,16). The lowest BCUT2D eigenvalue weighted by molar-refractivity contribution is 0.0948. The van der Waals surface area contributed by atoms with E-state index in [9.17, 15) is 9.18 Å². The summed E-state index contributed by atoms with van der Waals surface area (Å²) in [5.74, 6) is -0.0329. The summed E-state index contributed by atoms with van der Waals surface area (Å²) >= 11 is 0. The highest BCUT2D eigenvalue weighted by Crippen LogP contribution is 2.16. The zero-order chi connectivity index (χ0) is 12.8. The Labute approximate surface area is 101 Å². The van der Waals surface area contributed by atoms with Crippen molar-refractivity contribution in [1.82, 2.24) is 5.32 Å². The average Bonchev–Trinajstić information content (AvgIpc) is 2.28. The highest BCUT2D eigenvalue weighted by molar-refractivity contribution is 5.94. The number of methoxy groups -OCH3 is 1. The Balaban J connectivity index is 2.63. The van der Waals surface area contributed by atoms with Gasteiger partial charge in [-0.1, -0.05) is 13.8 Å². The molecule has 1 aromatic carbocycles. The summed E-state index contributed by atoms with van der Waals surface area (Å²) in [6.07, 6.45) is 0.878. The summed E-state index contributed by atoms with van der Waals surface area (Å²) < 4.78 is 18.4. The van der Waals surface area contributed by atoms with Crippen LogP contribution in [0.2, 0.25) is 0 Å². The van der Waals surface area contributed by atoms with Gasteiger partial charge in [-0.15, -0.1) is 0 Å². The molecule has 0 saturated carbocycles. The molecular formula is C13H18FNO2. The zero-order valence-electron chi connectivity index (χ0n) is 10.4. The number of ether oxygens (including phenoxy) is 1. The van der Waals surface area contributed by atoms with Crippen LogP contribution in [0.4, 0.5) is 4.39 Å². The molecular weight excluding hydrogens is 221 g/mol. The van der Waals surface area contributed by atoms with Crippen molar-refractivity contribution in [2.45, 2.75) is 20.3 Å². The lowest BCUT2D eigenvalue weighted by Gasteiger charge is -2.08. The van der Waals surface area contributed by atoms with Crippen LogP contribution in [0.3, 0.4) is 0 Å². The highest BCUT2D eigenvalue weighted by atomic mass is 19.1. The second-order valence-electron chi connectivity index (χ2n) is 4.28. The lowest BCUT2D eigenvalue weighted by atomic mass is 10.1. The van der Waals surface area contributed by atoms with E-state index in [1.165, 1.54) is 19.2 Å². The number of hydrogen-bond donors (Lipinski definition) is 1. The molecule has 0 bridgehead atoms. The van der Waals surface area contributed by atoms with Gasteiger partial charge < -0.3 is 10.1 Å². The first-order chi connectivity index (χ1) is 8.04. The molecule has 4 heteroatoms. The number of benzene rings is 1. The van der Waals surface area contributed by atoms with Crippen molar-refractivity contribution >= 4 is 5.91 Å². The van der Waals surface area contributed by atoms with E-state index < -0.39 is 5.82 Å². The first kappa shape index (κ1) is 13.5. The molecule has 17 heavy (non-hydrogen) atoms. The minimum Gasteiger partial charge on any atom is -0.497 e. The first-order valence-electron chi connectivity index (χ1n) is 5.66. The van der Waals surface area contributed by atoms with Gasteiger partial charge in [0.2, 0.25) is 0 Å². The SMILES string of the molecule is COc1ccc(C(=O)NCCC(C)C)c(F)c1. The summed E-state index contributed by atoms with van der Waals surface area (Å²) in [6, 6.07) is 4.21. The van der Waals surface area contributed by atoms with Gasteiger partial charge >= 0.3 is 0 Å². The molecule has 1 amide bonds. The van der Waals surface area contributed by atoms with E-state index in [1.807, 2.05) is 0 Å². The van der Waals surface area contributed by atoms with Crippen LogP contribution < -0.4 is 10.1 Å². The Morgan fingerprint density at radius 3 is 2.71 bits per heavy atom. The fourth-order valence-electron chi connectivity index (χ4n) is 1.38. The molecule has 0 aliphatic rings. The molecule has 0 heterocycles. The predicted molar refractivity (Wildman–Crippen MR) is 64.7 cm³/mol. The quantitative estimate of drug-likeness (QED) is 0.857.